The van der Waals surface area contributed by atoms with Crippen LogP contribution in [0.25, 0.3) is 0 Å². The van der Waals surface area contributed by atoms with Crippen molar-refractivity contribution in [2.24, 2.45) is 0 Å². The highest BCUT2D eigenvalue weighted by atomic mass is 16.7. The summed E-state index contributed by atoms with van der Waals surface area (Å²) in [7, 11) is 3.80. The Balaban J connectivity index is 1.56. The Morgan fingerprint density at radius 1 is 1.08 bits per heavy atom. The fourth-order valence-corrected chi connectivity index (χ4v) is 2.92. The number of hydrogen-bond donors (Lipinski definition) is 0. The van der Waals surface area contributed by atoms with Gasteiger partial charge >= 0.3 is 0 Å². The average Bonchev–Trinajstić information content (AvgIpc) is 3.08. The van der Waals surface area contributed by atoms with Crippen molar-refractivity contribution in [3.05, 3.63) is 59.7 Å². The first-order valence-electron chi connectivity index (χ1n) is 8.42. The van der Waals surface area contributed by atoms with Crippen molar-refractivity contribution < 1.29 is 14.3 Å². The van der Waals surface area contributed by atoms with Crippen LogP contribution in [0.1, 0.15) is 24.1 Å². The van der Waals surface area contributed by atoms with Gasteiger partial charge in [-0.05, 0) is 37.2 Å². The molecule has 2 aromatic carbocycles. The van der Waals surface area contributed by atoms with Crippen LogP contribution in [0.3, 0.4) is 0 Å². The number of ether oxygens (including phenoxy) is 2. The summed E-state index contributed by atoms with van der Waals surface area (Å²) >= 11 is 0. The van der Waals surface area contributed by atoms with Crippen molar-refractivity contribution in [2.75, 3.05) is 27.4 Å². The monoisotopic (exact) mass is 340 g/mol. The first-order chi connectivity index (χ1) is 12.0. The van der Waals surface area contributed by atoms with Gasteiger partial charge in [-0.3, -0.25) is 9.69 Å². The van der Waals surface area contributed by atoms with E-state index in [1.165, 1.54) is 0 Å². The number of rotatable bonds is 6. The third-order valence-corrected chi connectivity index (χ3v) is 4.55. The molecule has 1 heterocycles. The Labute approximate surface area is 148 Å². The molecule has 1 aliphatic heterocycles. The van der Waals surface area contributed by atoms with Crippen LogP contribution in [-0.4, -0.2) is 43.1 Å². The van der Waals surface area contributed by atoms with Gasteiger partial charge in [0, 0.05) is 13.6 Å². The third kappa shape index (κ3) is 4.12. The van der Waals surface area contributed by atoms with Crippen LogP contribution in [0.5, 0.6) is 11.5 Å². The van der Waals surface area contributed by atoms with E-state index in [0.29, 0.717) is 13.1 Å². The topological polar surface area (TPSA) is 42.0 Å². The lowest BCUT2D eigenvalue weighted by Crippen LogP contribution is -2.37. The zero-order valence-electron chi connectivity index (χ0n) is 14.9. The molecule has 1 unspecified atom stereocenters. The number of fused-ring (bicyclic) bond motifs is 1. The van der Waals surface area contributed by atoms with Gasteiger partial charge in [0.1, 0.15) is 0 Å². The van der Waals surface area contributed by atoms with E-state index >= 15 is 0 Å². The molecule has 0 aromatic heterocycles. The summed E-state index contributed by atoms with van der Waals surface area (Å²) in [5.41, 5.74) is 2.23. The lowest BCUT2D eigenvalue weighted by Gasteiger charge is -2.27. The largest absolute Gasteiger partial charge is 0.454 e. The van der Waals surface area contributed by atoms with E-state index in [9.17, 15) is 4.79 Å². The average molecular weight is 340 g/mol. The molecule has 132 valence electrons. The van der Waals surface area contributed by atoms with E-state index in [4.69, 9.17) is 9.47 Å². The van der Waals surface area contributed by atoms with Crippen molar-refractivity contribution in [3.8, 4) is 11.5 Å². The second-order valence-electron chi connectivity index (χ2n) is 6.45. The van der Waals surface area contributed by atoms with E-state index in [0.717, 1.165) is 22.6 Å². The summed E-state index contributed by atoms with van der Waals surface area (Å²) in [6.45, 7) is 3.36. The minimum atomic E-state index is 0.0487. The molecule has 5 nitrogen and oxygen atoms in total. The highest BCUT2D eigenvalue weighted by Gasteiger charge is 2.19. The molecular weight excluding hydrogens is 316 g/mol. The van der Waals surface area contributed by atoms with Crippen molar-refractivity contribution in [1.82, 2.24) is 9.80 Å². The predicted octanol–water partition coefficient (Wildman–Crippen LogP) is 3.07. The number of hydrogen-bond acceptors (Lipinski definition) is 4. The number of likely N-dealkylation sites (N-methyl/N-ethyl adjacent to an activating group) is 2. The molecule has 0 spiro atoms. The van der Waals surface area contributed by atoms with Crippen molar-refractivity contribution in [3.63, 3.8) is 0 Å². The van der Waals surface area contributed by atoms with E-state index < -0.39 is 0 Å². The van der Waals surface area contributed by atoms with Gasteiger partial charge < -0.3 is 14.4 Å². The highest BCUT2D eigenvalue weighted by molar-refractivity contribution is 5.78. The van der Waals surface area contributed by atoms with Crippen molar-refractivity contribution in [1.29, 1.82) is 0 Å². The summed E-state index contributed by atoms with van der Waals surface area (Å²) in [5, 5.41) is 0. The lowest BCUT2D eigenvalue weighted by atomic mass is 10.1. The van der Waals surface area contributed by atoms with Gasteiger partial charge in [-0.1, -0.05) is 36.4 Å². The molecule has 0 bridgehead atoms. The van der Waals surface area contributed by atoms with Gasteiger partial charge in [0.25, 0.3) is 0 Å². The maximum Gasteiger partial charge on any atom is 0.236 e. The van der Waals surface area contributed by atoms with E-state index in [1.54, 1.807) is 4.90 Å². The number of carbonyl (C=O) groups is 1. The molecule has 0 saturated carbocycles. The van der Waals surface area contributed by atoms with Crippen LogP contribution in [0.4, 0.5) is 0 Å². The fourth-order valence-electron chi connectivity index (χ4n) is 2.92. The minimum absolute atomic E-state index is 0.0487. The maximum absolute atomic E-state index is 12.6. The molecule has 0 saturated heterocycles. The van der Waals surface area contributed by atoms with Crippen LogP contribution in [0.15, 0.2) is 48.5 Å². The van der Waals surface area contributed by atoms with Gasteiger partial charge in [-0.2, -0.15) is 0 Å². The van der Waals surface area contributed by atoms with Gasteiger partial charge in [0.05, 0.1) is 12.6 Å². The Bertz CT molecular complexity index is 733. The molecule has 1 amide bonds. The summed E-state index contributed by atoms with van der Waals surface area (Å²) in [4.78, 5) is 16.4. The van der Waals surface area contributed by atoms with Crippen LogP contribution < -0.4 is 9.47 Å². The van der Waals surface area contributed by atoms with Crippen LogP contribution in [0, 0.1) is 0 Å². The van der Waals surface area contributed by atoms with Gasteiger partial charge in [0.15, 0.2) is 11.5 Å². The highest BCUT2D eigenvalue weighted by Crippen LogP contribution is 2.32. The van der Waals surface area contributed by atoms with Crippen molar-refractivity contribution >= 4 is 5.91 Å². The zero-order chi connectivity index (χ0) is 17.8. The van der Waals surface area contributed by atoms with Crippen molar-refractivity contribution in [2.45, 2.75) is 19.5 Å². The number of benzene rings is 2. The van der Waals surface area contributed by atoms with E-state index in [1.807, 2.05) is 74.4 Å². The number of amides is 1. The van der Waals surface area contributed by atoms with E-state index in [2.05, 4.69) is 0 Å². The molecule has 3 rings (SSSR count). The number of carbonyl (C=O) groups excluding carboxylic acids is 1. The quantitative estimate of drug-likeness (QED) is 0.810. The molecule has 0 fully saturated rings. The van der Waals surface area contributed by atoms with Gasteiger partial charge in [0.2, 0.25) is 12.7 Å². The summed E-state index contributed by atoms with van der Waals surface area (Å²) in [6, 6.07) is 16.0. The normalized spacial score (nSPS) is 13.8. The molecule has 1 aliphatic rings. The summed E-state index contributed by atoms with van der Waals surface area (Å²) in [5.74, 6) is 1.64. The molecule has 25 heavy (non-hydrogen) atoms. The predicted molar refractivity (Wildman–Crippen MR) is 96.5 cm³/mol. The number of nitrogens with zero attached hydrogens (tertiary/aromatic N) is 2. The van der Waals surface area contributed by atoms with Gasteiger partial charge in [-0.25, -0.2) is 0 Å². The van der Waals surface area contributed by atoms with E-state index in [-0.39, 0.29) is 18.7 Å². The first-order valence-corrected chi connectivity index (χ1v) is 8.42. The second kappa shape index (κ2) is 7.57. The molecule has 1 atom stereocenters. The summed E-state index contributed by atoms with van der Waals surface area (Å²) < 4.78 is 10.7. The Kier molecular flexibility index (Phi) is 5.24. The smallest absolute Gasteiger partial charge is 0.236 e. The molecule has 5 heteroatoms. The molecule has 0 N–H and O–H groups in total. The lowest BCUT2D eigenvalue weighted by molar-refractivity contribution is -0.132. The maximum atomic E-state index is 12.6. The zero-order valence-corrected chi connectivity index (χ0v) is 14.9. The SMILES string of the molecule is CC(c1ccccc1)N(C)C(=O)CN(C)Cc1ccc2c(c1)OCO2. The molecule has 0 radical (unpaired) electrons. The third-order valence-electron chi connectivity index (χ3n) is 4.55. The van der Waals surface area contributed by atoms with Crippen LogP contribution >= 0.6 is 0 Å². The molecule has 0 aliphatic carbocycles. The summed E-state index contributed by atoms with van der Waals surface area (Å²) in [6.07, 6.45) is 0. The fraction of sp³-hybridized carbons (Fsp3) is 0.350. The first kappa shape index (κ1) is 17.3. The van der Waals surface area contributed by atoms with Gasteiger partial charge in [-0.15, -0.1) is 0 Å². The van der Waals surface area contributed by atoms with Crippen LogP contribution in [-0.2, 0) is 11.3 Å². The Morgan fingerprint density at radius 3 is 2.56 bits per heavy atom. The van der Waals surface area contributed by atoms with Crippen LogP contribution in [0.2, 0.25) is 0 Å². The molecule has 2 aromatic rings. The molecular formula is C20H24N2O3. The minimum Gasteiger partial charge on any atom is -0.454 e. The Morgan fingerprint density at radius 2 is 1.80 bits per heavy atom. The Hall–Kier alpha value is -2.53. The second-order valence-corrected chi connectivity index (χ2v) is 6.45. The standard InChI is InChI=1S/C20H24N2O3/c1-15(17-7-5-4-6-8-17)22(3)20(23)13-21(2)12-16-9-10-18-19(11-16)25-14-24-18/h4-11,15H,12-14H2,1-3H3.